The number of hydrogen-bond acceptors (Lipinski definition) is 6. The third-order valence-corrected chi connectivity index (χ3v) is 6.48. The lowest BCUT2D eigenvalue weighted by molar-refractivity contribution is -0.385. The van der Waals surface area contributed by atoms with Crippen LogP contribution in [0.5, 0.6) is 0 Å². The largest absolute Gasteiger partial charge is 0.286 e. The molecule has 0 aliphatic carbocycles. The van der Waals surface area contributed by atoms with Gasteiger partial charge in [0.25, 0.3) is 15.7 Å². The Bertz CT molecular complexity index is 1330. The Labute approximate surface area is 192 Å². The lowest BCUT2D eigenvalue weighted by Gasteiger charge is -2.13. The van der Waals surface area contributed by atoms with Crippen molar-refractivity contribution in [1.82, 2.24) is 4.98 Å². The number of nitro groups is 1. The first kappa shape index (κ1) is 23.0. The van der Waals surface area contributed by atoms with Gasteiger partial charge in [-0.25, -0.2) is 13.4 Å². The molecule has 160 valence electrons. The van der Waals surface area contributed by atoms with Crippen molar-refractivity contribution in [3.8, 4) is 0 Å². The van der Waals surface area contributed by atoms with E-state index < -0.39 is 37.7 Å². The summed E-state index contributed by atoms with van der Waals surface area (Å²) in [5.41, 5.74) is -1.12. The molecular weight excluding hydrogens is 489 g/mol. The molecule has 0 bridgehead atoms. The van der Waals surface area contributed by atoms with Gasteiger partial charge in [-0.15, -0.1) is 0 Å². The second-order valence-electron chi connectivity index (χ2n) is 6.29. The third kappa shape index (κ3) is 4.80. The number of hydrogen-bond donors (Lipinski definition) is 1. The number of nitrogens with zero attached hydrogens (tertiary/aromatic N) is 2. The topological polar surface area (TPSA) is 119 Å². The predicted molar refractivity (Wildman–Crippen MR) is 118 cm³/mol. The Morgan fingerprint density at radius 3 is 2.45 bits per heavy atom. The highest BCUT2D eigenvalue weighted by Gasteiger charge is 2.28. The molecule has 8 nitrogen and oxygen atoms in total. The predicted octanol–water partition coefficient (Wildman–Crippen LogP) is 5.29. The molecular formula is C19H12Cl3N3O5S. The third-order valence-electron chi connectivity index (χ3n) is 4.17. The zero-order chi connectivity index (χ0) is 22.9. The highest BCUT2D eigenvalue weighted by molar-refractivity contribution is 7.92. The van der Waals surface area contributed by atoms with Crippen LogP contribution in [-0.2, 0) is 10.0 Å². The fourth-order valence-corrected chi connectivity index (χ4v) is 4.37. The normalized spacial score (nSPS) is 11.2. The standard InChI is InChI=1S/C19H12Cl3N3O5S/c1-10-7-12(5-6-13(10)21)31(29,30)24-15-8-11(20)9-23-18(15)19(26)17-14(22)3-2-4-16(17)25(27)28/h2-9,24H,1H3. The van der Waals surface area contributed by atoms with E-state index in [4.69, 9.17) is 34.8 Å². The van der Waals surface area contributed by atoms with Gasteiger partial charge in [0, 0.05) is 17.3 Å². The minimum absolute atomic E-state index is 0.0372. The summed E-state index contributed by atoms with van der Waals surface area (Å²) in [6.45, 7) is 1.63. The van der Waals surface area contributed by atoms with Gasteiger partial charge >= 0.3 is 0 Å². The SMILES string of the molecule is Cc1cc(S(=O)(=O)Nc2cc(Cl)cnc2C(=O)c2c(Cl)cccc2[N+](=O)[O-])ccc1Cl. The van der Waals surface area contributed by atoms with Crippen molar-refractivity contribution in [1.29, 1.82) is 0 Å². The van der Waals surface area contributed by atoms with Crippen molar-refractivity contribution in [2.24, 2.45) is 0 Å². The van der Waals surface area contributed by atoms with Gasteiger partial charge in [0.05, 0.1) is 25.6 Å². The van der Waals surface area contributed by atoms with Crippen LogP contribution in [0.3, 0.4) is 0 Å². The highest BCUT2D eigenvalue weighted by Crippen LogP contribution is 2.32. The Balaban J connectivity index is 2.11. The smallest absolute Gasteiger partial charge is 0.282 e. The molecule has 1 N–H and O–H groups in total. The van der Waals surface area contributed by atoms with Gasteiger partial charge in [0.15, 0.2) is 0 Å². The van der Waals surface area contributed by atoms with Crippen LogP contribution in [0.25, 0.3) is 0 Å². The van der Waals surface area contributed by atoms with E-state index in [0.29, 0.717) is 10.6 Å². The van der Waals surface area contributed by atoms with Gasteiger partial charge in [-0.3, -0.25) is 19.6 Å². The fraction of sp³-hybridized carbons (Fsp3) is 0.0526. The average Bonchev–Trinajstić information content (AvgIpc) is 2.69. The lowest BCUT2D eigenvalue weighted by Crippen LogP contribution is -2.18. The first-order valence-electron chi connectivity index (χ1n) is 8.43. The molecule has 3 rings (SSSR count). The van der Waals surface area contributed by atoms with Crippen molar-refractivity contribution in [2.45, 2.75) is 11.8 Å². The second-order valence-corrected chi connectivity index (χ2v) is 9.22. The molecule has 31 heavy (non-hydrogen) atoms. The maximum Gasteiger partial charge on any atom is 0.282 e. The molecule has 0 fully saturated rings. The van der Waals surface area contributed by atoms with E-state index in [9.17, 15) is 23.3 Å². The van der Waals surface area contributed by atoms with Crippen molar-refractivity contribution in [2.75, 3.05) is 4.72 Å². The zero-order valence-electron chi connectivity index (χ0n) is 15.6. The molecule has 12 heteroatoms. The Morgan fingerprint density at radius 2 is 1.81 bits per heavy atom. The van der Waals surface area contributed by atoms with Crippen molar-refractivity contribution in [3.05, 3.63) is 90.7 Å². The van der Waals surface area contributed by atoms with Crippen molar-refractivity contribution in [3.63, 3.8) is 0 Å². The van der Waals surface area contributed by atoms with Crippen LogP contribution in [0.2, 0.25) is 15.1 Å². The molecule has 0 unspecified atom stereocenters. The summed E-state index contributed by atoms with van der Waals surface area (Å²) in [5, 5.41) is 11.6. The summed E-state index contributed by atoms with van der Waals surface area (Å²) in [7, 11) is -4.17. The minimum atomic E-state index is -4.17. The van der Waals surface area contributed by atoms with E-state index in [1.165, 1.54) is 36.4 Å². The number of aromatic nitrogens is 1. The van der Waals surface area contributed by atoms with Gasteiger partial charge in [-0.1, -0.05) is 40.9 Å². The summed E-state index contributed by atoms with van der Waals surface area (Å²) < 4.78 is 28.0. The zero-order valence-corrected chi connectivity index (χ0v) is 18.7. The fourth-order valence-electron chi connectivity index (χ4n) is 2.69. The maximum atomic E-state index is 13.1. The molecule has 0 amide bonds. The number of anilines is 1. The molecule has 0 radical (unpaired) electrons. The van der Waals surface area contributed by atoms with Crippen LogP contribution in [0.1, 0.15) is 21.6 Å². The number of rotatable bonds is 6. The summed E-state index contributed by atoms with van der Waals surface area (Å²) in [4.78, 5) is 27.5. The second kappa shape index (κ2) is 8.80. The first-order valence-corrected chi connectivity index (χ1v) is 11.0. The van der Waals surface area contributed by atoms with Crippen molar-refractivity contribution < 1.29 is 18.1 Å². The van der Waals surface area contributed by atoms with Crippen LogP contribution in [0.4, 0.5) is 11.4 Å². The van der Waals surface area contributed by atoms with Gasteiger partial charge in [0.1, 0.15) is 11.3 Å². The van der Waals surface area contributed by atoms with Crippen LogP contribution < -0.4 is 4.72 Å². The molecule has 0 saturated heterocycles. The number of nitrogens with one attached hydrogen (secondary N) is 1. The number of nitro benzene ring substituents is 1. The molecule has 0 atom stereocenters. The molecule has 1 aromatic heterocycles. The molecule has 2 aromatic carbocycles. The van der Waals surface area contributed by atoms with E-state index in [2.05, 4.69) is 9.71 Å². The summed E-state index contributed by atoms with van der Waals surface area (Å²) >= 11 is 17.9. The van der Waals surface area contributed by atoms with E-state index in [0.717, 1.165) is 12.3 Å². The van der Waals surface area contributed by atoms with E-state index in [1.54, 1.807) is 6.92 Å². The van der Waals surface area contributed by atoms with Crippen LogP contribution in [0, 0.1) is 17.0 Å². The minimum Gasteiger partial charge on any atom is -0.286 e. The molecule has 0 aliphatic rings. The molecule has 0 aliphatic heterocycles. The Hall–Kier alpha value is -2.72. The first-order chi connectivity index (χ1) is 14.5. The monoisotopic (exact) mass is 499 g/mol. The average molecular weight is 501 g/mol. The number of pyridine rings is 1. The van der Waals surface area contributed by atoms with Gasteiger partial charge in [-0.05, 0) is 42.8 Å². The summed E-state index contributed by atoms with van der Waals surface area (Å²) in [5.74, 6) is -0.945. The van der Waals surface area contributed by atoms with Crippen LogP contribution >= 0.6 is 34.8 Å². The quantitative estimate of drug-likeness (QED) is 0.279. The number of carbonyl (C=O) groups is 1. The number of ketones is 1. The van der Waals surface area contributed by atoms with Gasteiger partial charge in [-0.2, -0.15) is 0 Å². The number of sulfonamides is 1. The van der Waals surface area contributed by atoms with Gasteiger partial charge < -0.3 is 0 Å². The van der Waals surface area contributed by atoms with Crippen LogP contribution in [-0.4, -0.2) is 24.1 Å². The van der Waals surface area contributed by atoms with E-state index >= 15 is 0 Å². The van der Waals surface area contributed by atoms with Gasteiger partial charge in [0.2, 0.25) is 5.78 Å². The number of benzene rings is 2. The molecule has 0 saturated carbocycles. The lowest BCUT2D eigenvalue weighted by atomic mass is 10.0. The van der Waals surface area contributed by atoms with E-state index in [-0.39, 0.29) is 20.6 Å². The highest BCUT2D eigenvalue weighted by atomic mass is 35.5. The number of halogens is 3. The molecule has 3 aromatic rings. The number of carbonyl (C=O) groups excluding carboxylic acids is 1. The summed E-state index contributed by atoms with van der Waals surface area (Å²) in [6, 6.07) is 8.96. The Morgan fingerprint density at radius 1 is 1.10 bits per heavy atom. The summed E-state index contributed by atoms with van der Waals surface area (Å²) in [6.07, 6.45) is 1.11. The molecule has 1 heterocycles. The molecule has 0 spiro atoms. The van der Waals surface area contributed by atoms with Crippen molar-refractivity contribution >= 4 is 62.0 Å². The van der Waals surface area contributed by atoms with Crippen LogP contribution in [0.15, 0.2) is 53.6 Å². The maximum absolute atomic E-state index is 13.1. The van der Waals surface area contributed by atoms with E-state index in [1.807, 2.05) is 0 Å². The number of aryl methyl sites for hydroxylation is 1. The Kier molecular flexibility index (Phi) is 6.51.